The number of anilines is 1. The number of halogens is 1. The summed E-state index contributed by atoms with van der Waals surface area (Å²) in [5, 5.41) is 7.10. The minimum Gasteiger partial charge on any atom is -0.378 e. The van der Waals surface area contributed by atoms with Gasteiger partial charge in [0.05, 0.1) is 11.9 Å². The number of aryl methyl sites for hydroxylation is 1. The monoisotopic (exact) mass is 214 g/mol. The molecule has 3 N–H and O–H groups in total. The van der Waals surface area contributed by atoms with Crippen molar-refractivity contribution in [1.29, 1.82) is 0 Å². The fraction of sp³-hybridized carbons (Fsp3) is 0.500. The third-order valence-corrected chi connectivity index (χ3v) is 2.62. The van der Waals surface area contributed by atoms with Crippen molar-refractivity contribution in [2.45, 2.75) is 18.5 Å². The predicted octanol–water partition coefficient (Wildman–Crippen LogP) is -0.0548. The van der Waals surface area contributed by atoms with Crippen molar-refractivity contribution < 1.29 is 0 Å². The number of hydrogen-bond acceptors (Lipinski definition) is 4. The number of aromatic nitrogens is 2. The third-order valence-electron chi connectivity index (χ3n) is 2.26. The molecular formula is C8H11ClN4O. The maximum absolute atomic E-state index is 11.4. The summed E-state index contributed by atoms with van der Waals surface area (Å²) in [5.74, 6) is 0. The Hall–Kier alpha value is -1.07. The molecule has 1 aliphatic carbocycles. The molecule has 0 aliphatic heterocycles. The second kappa shape index (κ2) is 3.25. The molecule has 2 rings (SSSR count). The molecule has 2 atom stereocenters. The first-order valence-electron chi connectivity index (χ1n) is 4.33. The Morgan fingerprint density at radius 2 is 2.43 bits per heavy atom. The smallest absolute Gasteiger partial charge is 0.287 e. The molecule has 0 spiro atoms. The molecular weight excluding hydrogens is 204 g/mol. The zero-order chi connectivity index (χ0) is 10.3. The Kier molecular flexibility index (Phi) is 2.20. The molecule has 6 heteroatoms. The summed E-state index contributed by atoms with van der Waals surface area (Å²) in [4.78, 5) is 11.4. The van der Waals surface area contributed by atoms with Gasteiger partial charge in [0, 0.05) is 19.1 Å². The van der Waals surface area contributed by atoms with E-state index < -0.39 is 0 Å². The van der Waals surface area contributed by atoms with Crippen molar-refractivity contribution in [2.75, 3.05) is 5.32 Å². The molecule has 5 nitrogen and oxygen atoms in total. The van der Waals surface area contributed by atoms with Crippen LogP contribution in [0, 0.1) is 0 Å². The lowest BCUT2D eigenvalue weighted by Crippen LogP contribution is -2.22. The first-order valence-corrected chi connectivity index (χ1v) is 4.71. The lowest BCUT2D eigenvalue weighted by atomic mass is 10.4. The van der Waals surface area contributed by atoms with Crippen molar-refractivity contribution in [2.24, 2.45) is 12.8 Å². The molecule has 1 fully saturated rings. The molecule has 1 aromatic rings. The van der Waals surface area contributed by atoms with Crippen molar-refractivity contribution in [3.8, 4) is 0 Å². The molecule has 0 bridgehead atoms. The fourth-order valence-corrected chi connectivity index (χ4v) is 1.42. The molecule has 14 heavy (non-hydrogen) atoms. The van der Waals surface area contributed by atoms with Gasteiger partial charge in [0.2, 0.25) is 0 Å². The van der Waals surface area contributed by atoms with Gasteiger partial charge in [0.25, 0.3) is 5.56 Å². The summed E-state index contributed by atoms with van der Waals surface area (Å²) in [5.41, 5.74) is 5.89. The molecule has 2 unspecified atom stereocenters. The van der Waals surface area contributed by atoms with Gasteiger partial charge >= 0.3 is 0 Å². The zero-order valence-electron chi connectivity index (χ0n) is 7.70. The van der Waals surface area contributed by atoms with E-state index in [4.69, 9.17) is 17.3 Å². The van der Waals surface area contributed by atoms with Gasteiger partial charge in [-0.05, 0) is 6.42 Å². The van der Waals surface area contributed by atoms with E-state index in [9.17, 15) is 4.79 Å². The molecule has 76 valence electrons. The van der Waals surface area contributed by atoms with Gasteiger partial charge in [-0.3, -0.25) is 4.79 Å². The van der Waals surface area contributed by atoms with Gasteiger partial charge in [0.1, 0.15) is 5.02 Å². The maximum Gasteiger partial charge on any atom is 0.287 e. The average molecular weight is 215 g/mol. The van der Waals surface area contributed by atoms with E-state index in [0.29, 0.717) is 5.69 Å². The molecule has 0 radical (unpaired) electrons. The summed E-state index contributed by atoms with van der Waals surface area (Å²) < 4.78 is 1.19. The Labute approximate surface area is 85.9 Å². The van der Waals surface area contributed by atoms with Gasteiger partial charge in [0.15, 0.2) is 0 Å². The third kappa shape index (κ3) is 1.60. The van der Waals surface area contributed by atoms with Crippen LogP contribution >= 0.6 is 11.6 Å². The van der Waals surface area contributed by atoms with E-state index in [1.54, 1.807) is 7.05 Å². The predicted molar refractivity (Wildman–Crippen MR) is 54.5 cm³/mol. The van der Waals surface area contributed by atoms with Crippen LogP contribution in [-0.2, 0) is 7.05 Å². The van der Waals surface area contributed by atoms with Gasteiger partial charge < -0.3 is 11.1 Å². The van der Waals surface area contributed by atoms with Crippen LogP contribution in [-0.4, -0.2) is 21.9 Å². The Balaban J connectivity index is 2.26. The quantitative estimate of drug-likeness (QED) is 0.724. The molecule has 0 saturated heterocycles. The highest BCUT2D eigenvalue weighted by Gasteiger charge is 2.33. The molecule has 0 amide bonds. The summed E-state index contributed by atoms with van der Waals surface area (Å²) >= 11 is 5.84. The number of nitrogens with two attached hydrogens (primary N) is 1. The lowest BCUT2D eigenvalue weighted by molar-refractivity contribution is 0.708. The fourth-order valence-electron chi connectivity index (χ4n) is 1.19. The van der Waals surface area contributed by atoms with Crippen molar-refractivity contribution in [1.82, 2.24) is 9.78 Å². The van der Waals surface area contributed by atoms with Crippen LogP contribution in [0.3, 0.4) is 0 Å². The molecule has 1 aliphatic rings. The van der Waals surface area contributed by atoms with Crippen LogP contribution in [0.15, 0.2) is 11.0 Å². The number of nitrogens with one attached hydrogen (secondary N) is 1. The first-order chi connectivity index (χ1) is 6.59. The van der Waals surface area contributed by atoms with Gasteiger partial charge in [-0.15, -0.1) is 0 Å². The summed E-state index contributed by atoms with van der Waals surface area (Å²) in [6.45, 7) is 0. The summed E-state index contributed by atoms with van der Waals surface area (Å²) in [6, 6.07) is 0.386. The van der Waals surface area contributed by atoms with E-state index in [1.807, 2.05) is 0 Å². The standard InChI is InChI=1S/C8H11ClN4O/c1-13-8(14)7(9)6(3-11-13)12-5-2-4(5)10/h3-5,12H,2,10H2,1H3. The van der Waals surface area contributed by atoms with E-state index in [2.05, 4.69) is 10.4 Å². The molecule has 1 aromatic heterocycles. The van der Waals surface area contributed by atoms with Crippen molar-refractivity contribution in [3.05, 3.63) is 21.6 Å². The summed E-state index contributed by atoms with van der Waals surface area (Å²) in [7, 11) is 1.56. The number of nitrogens with zero attached hydrogens (tertiary/aromatic N) is 2. The van der Waals surface area contributed by atoms with Gasteiger partial charge in [-0.25, -0.2) is 4.68 Å². The topological polar surface area (TPSA) is 72.9 Å². The van der Waals surface area contributed by atoms with Crippen LogP contribution in [0.5, 0.6) is 0 Å². The van der Waals surface area contributed by atoms with Crippen molar-refractivity contribution >= 4 is 17.3 Å². The highest BCUT2D eigenvalue weighted by atomic mass is 35.5. The Morgan fingerprint density at radius 3 is 3.00 bits per heavy atom. The molecule has 1 saturated carbocycles. The van der Waals surface area contributed by atoms with E-state index in [-0.39, 0.29) is 22.7 Å². The maximum atomic E-state index is 11.4. The van der Waals surface area contributed by atoms with E-state index >= 15 is 0 Å². The molecule has 0 aromatic carbocycles. The normalized spacial score (nSPS) is 24.8. The van der Waals surface area contributed by atoms with Crippen LogP contribution < -0.4 is 16.6 Å². The van der Waals surface area contributed by atoms with E-state index in [0.717, 1.165) is 6.42 Å². The second-order valence-electron chi connectivity index (χ2n) is 3.45. The van der Waals surface area contributed by atoms with Crippen LogP contribution in [0.4, 0.5) is 5.69 Å². The Morgan fingerprint density at radius 1 is 1.79 bits per heavy atom. The highest BCUT2D eigenvalue weighted by Crippen LogP contribution is 2.25. The first kappa shape index (κ1) is 9.48. The lowest BCUT2D eigenvalue weighted by Gasteiger charge is -2.06. The van der Waals surface area contributed by atoms with Crippen LogP contribution in [0.1, 0.15) is 6.42 Å². The highest BCUT2D eigenvalue weighted by molar-refractivity contribution is 6.32. The van der Waals surface area contributed by atoms with Crippen LogP contribution in [0.2, 0.25) is 5.02 Å². The molecule has 1 heterocycles. The SMILES string of the molecule is Cn1ncc(NC2CC2N)c(Cl)c1=O. The zero-order valence-corrected chi connectivity index (χ0v) is 8.45. The minimum atomic E-state index is -0.300. The summed E-state index contributed by atoms with van der Waals surface area (Å²) in [6.07, 6.45) is 2.44. The van der Waals surface area contributed by atoms with Crippen LogP contribution in [0.25, 0.3) is 0 Å². The second-order valence-corrected chi connectivity index (χ2v) is 3.83. The van der Waals surface area contributed by atoms with Gasteiger partial charge in [-0.2, -0.15) is 5.10 Å². The van der Waals surface area contributed by atoms with E-state index in [1.165, 1.54) is 10.9 Å². The largest absolute Gasteiger partial charge is 0.378 e. The average Bonchev–Trinajstić information content (AvgIpc) is 2.83. The minimum absolute atomic E-state index is 0.162. The van der Waals surface area contributed by atoms with Gasteiger partial charge in [-0.1, -0.05) is 11.6 Å². The number of hydrogen-bond donors (Lipinski definition) is 2. The number of rotatable bonds is 2. The van der Waals surface area contributed by atoms with Crippen molar-refractivity contribution in [3.63, 3.8) is 0 Å². The Bertz CT molecular complexity index is 416.